The summed E-state index contributed by atoms with van der Waals surface area (Å²) in [6, 6.07) is 12.1. The fourth-order valence-electron chi connectivity index (χ4n) is 2.79. The Labute approximate surface area is 149 Å². The first-order valence-electron chi connectivity index (χ1n) is 8.02. The Morgan fingerprint density at radius 1 is 1.12 bits per heavy atom. The molecule has 0 saturated carbocycles. The Morgan fingerprint density at radius 3 is 2.81 bits per heavy atom. The van der Waals surface area contributed by atoms with Crippen molar-refractivity contribution >= 4 is 22.5 Å². The van der Waals surface area contributed by atoms with Crippen LogP contribution < -0.4 is 10.1 Å². The van der Waals surface area contributed by atoms with E-state index in [0.29, 0.717) is 22.9 Å². The summed E-state index contributed by atoms with van der Waals surface area (Å²) < 4.78 is 20.5. The monoisotopic (exact) mass is 349 g/mol. The van der Waals surface area contributed by atoms with E-state index in [4.69, 9.17) is 4.74 Å². The minimum absolute atomic E-state index is 0.331. The molecule has 1 N–H and O–H groups in total. The third-order valence-electron chi connectivity index (χ3n) is 4.03. The first-order valence-corrected chi connectivity index (χ1v) is 8.02. The first kappa shape index (κ1) is 16.0. The molecule has 7 heteroatoms. The number of hydrogen-bond acceptors (Lipinski definition) is 5. The Bertz CT molecular complexity index is 1090. The van der Waals surface area contributed by atoms with Crippen LogP contribution in [0.25, 0.3) is 16.7 Å². The second-order valence-electron chi connectivity index (χ2n) is 5.82. The third-order valence-corrected chi connectivity index (χ3v) is 4.03. The molecule has 0 atom stereocenters. The summed E-state index contributed by atoms with van der Waals surface area (Å²) >= 11 is 0. The van der Waals surface area contributed by atoms with E-state index in [-0.39, 0.29) is 5.82 Å². The van der Waals surface area contributed by atoms with Gasteiger partial charge < -0.3 is 10.1 Å². The molecule has 0 aliphatic heterocycles. The van der Waals surface area contributed by atoms with Crippen molar-refractivity contribution in [1.29, 1.82) is 0 Å². The van der Waals surface area contributed by atoms with Crippen LogP contribution in [-0.2, 0) is 0 Å². The van der Waals surface area contributed by atoms with Crippen LogP contribution in [-0.4, -0.2) is 26.9 Å². The summed E-state index contributed by atoms with van der Waals surface area (Å²) in [5.41, 5.74) is 3.07. The van der Waals surface area contributed by atoms with Crippen molar-refractivity contribution in [3.63, 3.8) is 0 Å². The van der Waals surface area contributed by atoms with Crippen molar-refractivity contribution in [3.05, 3.63) is 66.4 Å². The molecule has 0 saturated heterocycles. The van der Waals surface area contributed by atoms with Gasteiger partial charge in [0.1, 0.15) is 23.7 Å². The van der Waals surface area contributed by atoms with Gasteiger partial charge in [-0.3, -0.25) is 0 Å². The molecule has 26 heavy (non-hydrogen) atoms. The number of rotatable bonds is 4. The molecule has 2 aromatic carbocycles. The highest BCUT2D eigenvalue weighted by Crippen LogP contribution is 2.30. The summed E-state index contributed by atoms with van der Waals surface area (Å²) in [5, 5.41) is 8.35. The minimum Gasteiger partial charge on any atom is -0.495 e. The zero-order valence-corrected chi connectivity index (χ0v) is 14.3. The molecule has 4 aromatic rings. The van der Waals surface area contributed by atoms with Crippen LogP contribution in [0.15, 0.2) is 55.0 Å². The zero-order valence-electron chi connectivity index (χ0n) is 14.3. The fraction of sp³-hybridized carbons (Fsp3) is 0.105. The zero-order chi connectivity index (χ0) is 18.1. The van der Waals surface area contributed by atoms with Gasteiger partial charge in [0.25, 0.3) is 0 Å². The Kier molecular flexibility index (Phi) is 3.96. The van der Waals surface area contributed by atoms with Crippen molar-refractivity contribution in [1.82, 2.24) is 19.7 Å². The maximum absolute atomic E-state index is 13.5. The molecule has 0 radical (unpaired) electrons. The van der Waals surface area contributed by atoms with E-state index in [0.717, 1.165) is 16.6 Å². The lowest BCUT2D eigenvalue weighted by molar-refractivity contribution is 0.416. The number of aryl methyl sites for hydroxylation is 1. The van der Waals surface area contributed by atoms with Crippen LogP contribution >= 0.6 is 0 Å². The van der Waals surface area contributed by atoms with Gasteiger partial charge in [0.2, 0.25) is 0 Å². The normalized spacial score (nSPS) is 10.9. The second kappa shape index (κ2) is 6.44. The van der Waals surface area contributed by atoms with Gasteiger partial charge in [0.05, 0.1) is 30.1 Å². The number of hydrogen-bond donors (Lipinski definition) is 1. The summed E-state index contributed by atoms with van der Waals surface area (Å²) in [7, 11) is 1.62. The van der Waals surface area contributed by atoms with Crippen molar-refractivity contribution in [2.45, 2.75) is 6.92 Å². The molecular weight excluding hydrogens is 333 g/mol. The lowest BCUT2D eigenvalue weighted by Crippen LogP contribution is -2.01. The molecule has 0 fully saturated rings. The highest BCUT2D eigenvalue weighted by Gasteiger charge is 2.13. The lowest BCUT2D eigenvalue weighted by atomic mass is 10.2. The molecule has 2 aromatic heterocycles. The Morgan fingerprint density at radius 2 is 2.00 bits per heavy atom. The van der Waals surface area contributed by atoms with Crippen LogP contribution in [0.1, 0.15) is 5.56 Å². The molecule has 0 aliphatic carbocycles. The van der Waals surface area contributed by atoms with Gasteiger partial charge in [-0.25, -0.2) is 19.0 Å². The van der Waals surface area contributed by atoms with Gasteiger partial charge in [-0.15, -0.1) is 0 Å². The molecule has 0 amide bonds. The number of ether oxygens (including phenoxy) is 1. The predicted molar refractivity (Wildman–Crippen MR) is 97.6 cm³/mol. The number of halogens is 1. The van der Waals surface area contributed by atoms with Crippen LogP contribution in [0.4, 0.5) is 15.9 Å². The molecule has 2 heterocycles. The molecular formula is C19H16FN5O. The highest BCUT2D eigenvalue weighted by atomic mass is 19.1. The third kappa shape index (κ3) is 2.83. The van der Waals surface area contributed by atoms with Crippen molar-refractivity contribution in [2.24, 2.45) is 0 Å². The van der Waals surface area contributed by atoms with Gasteiger partial charge in [-0.1, -0.05) is 12.1 Å². The van der Waals surface area contributed by atoms with E-state index in [1.165, 1.54) is 18.5 Å². The SMILES string of the molecule is COc1ccc(C)cc1Nc1ncnc2c1cnn2-c1cccc(F)c1. The van der Waals surface area contributed by atoms with Crippen LogP contribution in [0.2, 0.25) is 0 Å². The number of nitrogens with one attached hydrogen (secondary N) is 1. The van der Waals surface area contributed by atoms with Crippen molar-refractivity contribution in [2.75, 3.05) is 12.4 Å². The first-order chi connectivity index (χ1) is 12.7. The maximum atomic E-state index is 13.5. The molecule has 6 nitrogen and oxygen atoms in total. The number of aromatic nitrogens is 4. The standard InChI is InChI=1S/C19H16FN5O/c1-12-6-7-17(26-2)16(8-12)24-18-15-10-23-25(19(15)22-11-21-18)14-5-3-4-13(20)9-14/h3-11H,1-2H3,(H,21,22,24). The van der Waals surface area contributed by atoms with Gasteiger partial charge in [0, 0.05) is 0 Å². The topological polar surface area (TPSA) is 64.9 Å². The molecule has 130 valence electrons. The summed E-state index contributed by atoms with van der Waals surface area (Å²) in [6.07, 6.45) is 3.11. The Hall–Kier alpha value is -3.48. The lowest BCUT2D eigenvalue weighted by Gasteiger charge is -2.12. The van der Waals surface area contributed by atoms with E-state index >= 15 is 0 Å². The van der Waals surface area contributed by atoms with Crippen LogP contribution in [0, 0.1) is 12.7 Å². The minimum atomic E-state index is -0.331. The van der Waals surface area contributed by atoms with Gasteiger partial charge in [0.15, 0.2) is 5.65 Å². The van der Waals surface area contributed by atoms with Gasteiger partial charge in [-0.2, -0.15) is 5.10 Å². The largest absolute Gasteiger partial charge is 0.495 e. The van der Waals surface area contributed by atoms with Gasteiger partial charge in [-0.05, 0) is 42.8 Å². The molecule has 0 bridgehead atoms. The number of anilines is 2. The number of methoxy groups -OCH3 is 1. The predicted octanol–water partition coefficient (Wildman–Crippen LogP) is 4.02. The molecule has 0 unspecified atom stereocenters. The van der Waals surface area contributed by atoms with Gasteiger partial charge >= 0.3 is 0 Å². The highest BCUT2D eigenvalue weighted by molar-refractivity contribution is 5.89. The number of benzene rings is 2. The second-order valence-corrected chi connectivity index (χ2v) is 5.82. The smallest absolute Gasteiger partial charge is 0.168 e. The Balaban J connectivity index is 1.80. The van der Waals surface area contributed by atoms with E-state index in [1.807, 2.05) is 25.1 Å². The van der Waals surface area contributed by atoms with Crippen LogP contribution in [0.5, 0.6) is 5.75 Å². The van der Waals surface area contributed by atoms with E-state index in [2.05, 4.69) is 20.4 Å². The summed E-state index contributed by atoms with van der Waals surface area (Å²) in [5.74, 6) is 0.976. The molecule has 4 rings (SSSR count). The fourth-order valence-corrected chi connectivity index (χ4v) is 2.79. The van der Waals surface area contributed by atoms with Crippen molar-refractivity contribution in [3.8, 4) is 11.4 Å². The average Bonchev–Trinajstić information content (AvgIpc) is 3.07. The quantitative estimate of drug-likeness (QED) is 0.603. The maximum Gasteiger partial charge on any atom is 0.168 e. The van der Waals surface area contributed by atoms with Crippen LogP contribution in [0.3, 0.4) is 0 Å². The van der Waals surface area contributed by atoms with E-state index in [9.17, 15) is 4.39 Å². The molecule has 0 spiro atoms. The van der Waals surface area contributed by atoms with Crippen molar-refractivity contribution < 1.29 is 9.13 Å². The number of nitrogens with zero attached hydrogens (tertiary/aromatic N) is 4. The molecule has 0 aliphatic rings. The summed E-state index contributed by atoms with van der Waals surface area (Å²) in [4.78, 5) is 8.63. The summed E-state index contributed by atoms with van der Waals surface area (Å²) in [6.45, 7) is 2.00. The average molecular weight is 349 g/mol. The van der Waals surface area contributed by atoms with E-state index in [1.54, 1.807) is 30.1 Å². The van der Waals surface area contributed by atoms with E-state index < -0.39 is 0 Å². The number of fused-ring (bicyclic) bond motifs is 1.